The molecule has 2 aromatic rings. The van der Waals surface area contributed by atoms with Crippen LogP contribution in [0.5, 0.6) is 0 Å². The molecule has 1 aliphatic heterocycles. The van der Waals surface area contributed by atoms with Crippen LogP contribution < -0.4 is 5.73 Å². The molecule has 1 aliphatic rings. The van der Waals surface area contributed by atoms with Crippen molar-refractivity contribution in [3.63, 3.8) is 0 Å². The van der Waals surface area contributed by atoms with Crippen molar-refractivity contribution in [3.05, 3.63) is 41.7 Å². The highest BCUT2D eigenvalue weighted by atomic mass is 16.4. The van der Waals surface area contributed by atoms with Gasteiger partial charge >= 0.3 is 5.97 Å². The quantitative estimate of drug-likeness (QED) is 0.497. The second-order valence-corrected chi connectivity index (χ2v) is 9.72. The maximum absolute atomic E-state index is 12.8. The monoisotopic (exact) mass is 484 g/mol. The predicted molar refractivity (Wildman–Crippen MR) is 131 cm³/mol. The number of aryl methyl sites for hydroxylation is 1. The molecule has 0 bridgehead atoms. The first-order valence-corrected chi connectivity index (χ1v) is 12.1. The summed E-state index contributed by atoms with van der Waals surface area (Å²) in [6.07, 6.45) is 4.48. The number of likely N-dealkylation sites (tertiary alicyclic amines) is 1. The summed E-state index contributed by atoms with van der Waals surface area (Å²) in [6.45, 7) is 6.12. The third-order valence-corrected chi connectivity index (χ3v) is 6.60. The number of nitrogens with zero attached hydrogens (tertiary/aromatic N) is 5. The minimum Gasteiger partial charge on any atom is -0.480 e. The highest BCUT2D eigenvalue weighted by Crippen LogP contribution is 2.20. The number of primary amides is 1. The number of likely N-dealkylation sites (N-methyl/N-ethyl adjacent to an activating group) is 1. The smallest absolute Gasteiger partial charge is 0.326 e. The first kappa shape index (κ1) is 26.3. The lowest BCUT2D eigenvalue weighted by Gasteiger charge is -2.29. The van der Waals surface area contributed by atoms with Crippen molar-refractivity contribution in [1.29, 1.82) is 0 Å². The number of hydrogen-bond donors (Lipinski definition) is 2. The molecule has 10 heteroatoms. The van der Waals surface area contributed by atoms with E-state index in [2.05, 4.69) is 15.2 Å². The Labute approximate surface area is 206 Å². The Kier molecular flexibility index (Phi) is 8.97. The third-order valence-electron chi connectivity index (χ3n) is 6.60. The van der Waals surface area contributed by atoms with Crippen molar-refractivity contribution in [1.82, 2.24) is 24.8 Å². The predicted octanol–water partition coefficient (Wildman–Crippen LogP) is 1.85. The summed E-state index contributed by atoms with van der Waals surface area (Å²) in [7, 11) is 1.56. The van der Waals surface area contributed by atoms with Gasteiger partial charge in [0.25, 0.3) is 0 Å². The number of aromatic nitrogens is 3. The van der Waals surface area contributed by atoms with Crippen molar-refractivity contribution >= 4 is 17.8 Å². The summed E-state index contributed by atoms with van der Waals surface area (Å²) >= 11 is 0. The van der Waals surface area contributed by atoms with Crippen molar-refractivity contribution in [3.8, 4) is 5.69 Å². The fraction of sp³-hybridized carbons (Fsp3) is 0.560. The summed E-state index contributed by atoms with van der Waals surface area (Å²) in [5, 5.41) is 18.1. The number of nitrogens with two attached hydrogens (primary N) is 1. The van der Waals surface area contributed by atoms with Crippen LogP contribution in [0.3, 0.4) is 0 Å². The van der Waals surface area contributed by atoms with Gasteiger partial charge in [0.05, 0.1) is 17.6 Å². The van der Waals surface area contributed by atoms with Gasteiger partial charge in [-0.25, -0.2) is 9.48 Å². The van der Waals surface area contributed by atoms with E-state index in [-0.39, 0.29) is 30.1 Å². The van der Waals surface area contributed by atoms with Gasteiger partial charge in [0.15, 0.2) is 0 Å². The van der Waals surface area contributed by atoms with Crippen LogP contribution >= 0.6 is 0 Å². The standard InChI is InChI=1S/C25H36N6O4/c1-17(2)14-22(25(34)35)29(3)23(32)9-8-18-6-4-5-7-21(18)31-16-20(27-28-31)15-30-12-10-19(11-13-30)24(26)33/h4-7,16-17,19,22H,8-15H2,1-3H3,(H2,26,33)(H,34,35). The Hall–Kier alpha value is -3.27. The summed E-state index contributed by atoms with van der Waals surface area (Å²) in [6, 6.07) is 6.86. The molecule has 1 aromatic heterocycles. The molecular weight excluding hydrogens is 448 g/mol. The molecule has 0 radical (unpaired) electrons. The zero-order valence-electron chi connectivity index (χ0n) is 20.8. The number of aliphatic carboxylic acids is 1. The van der Waals surface area contributed by atoms with Crippen molar-refractivity contribution in [2.45, 2.75) is 58.5 Å². The molecule has 3 N–H and O–H groups in total. The Morgan fingerprint density at radius 1 is 1.20 bits per heavy atom. The van der Waals surface area contributed by atoms with Gasteiger partial charge in [0, 0.05) is 25.9 Å². The maximum atomic E-state index is 12.8. The first-order chi connectivity index (χ1) is 16.7. The number of hydrogen-bond acceptors (Lipinski definition) is 6. The van der Waals surface area contributed by atoms with Crippen LogP contribution in [0.4, 0.5) is 0 Å². The highest BCUT2D eigenvalue weighted by Gasteiger charge is 2.27. The molecule has 1 atom stereocenters. The second kappa shape index (κ2) is 11.9. The maximum Gasteiger partial charge on any atom is 0.326 e. The third kappa shape index (κ3) is 7.11. The molecule has 10 nitrogen and oxygen atoms in total. The number of para-hydroxylation sites is 1. The van der Waals surface area contributed by atoms with E-state index in [0.717, 1.165) is 42.9 Å². The topological polar surface area (TPSA) is 135 Å². The Morgan fingerprint density at radius 3 is 2.51 bits per heavy atom. The number of carboxylic acids is 1. The molecule has 0 saturated carbocycles. The fourth-order valence-electron chi connectivity index (χ4n) is 4.50. The van der Waals surface area contributed by atoms with Gasteiger partial charge in [0.2, 0.25) is 11.8 Å². The van der Waals surface area contributed by atoms with Crippen LogP contribution in [0.1, 0.15) is 50.8 Å². The van der Waals surface area contributed by atoms with Crippen LogP contribution in [-0.4, -0.2) is 73.9 Å². The SMILES string of the molecule is CC(C)CC(C(=O)O)N(C)C(=O)CCc1ccccc1-n1cc(CN2CCC(C(N)=O)CC2)nn1. The van der Waals surface area contributed by atoms with Crippen LogP contribution in [0.25, 0.3) is 5.69 Å². The molecule has 2 heterocycles. The zero-order chi connectivity index (χ0) is 25.5. The molecule has 35 heavy (non-hydrogen) atoms. The van der Waals surface area contributed by atoms with Gasteiger partial charge in [-0.1, -0.05) is 37.3 Å². The summed E-state index contributed by atoms with van der Waals surface area (Å²) < 4.78 is 1.72. The van der Waals surface area contributed by atoms with Gasteiger partial charge in [-0.05, 0) is 56.3 Å². The number of amides is 2. The summed E-state index contributed by atoms with van der Waals surface area (Å²) in [5.41, 5.74) is 8.02. The van der Waals surface area contributed by atoms with Gasteiger partial charge < -0.3 is 15.7 Å². The highest BCUT2D eigenvalue weighted by molar-refractivity contribution is 5.83. The van der Waals surface area contributed by atoms with E-state index < -0.39 is 12.0 Å². The summed E-state index contributed by atoms with van der Waals surface area (Å²) in [5.74, 6) is -1.29. The number of rotatable bonds is 11. The molecule has 0 spiro atoms. The largest absolute Gasteiger partial charge is 0.480 e. The van der Waals surface area contributed by atoms with E-state index in [1.165, 1.54) is 4.90 Å². The number of carbonyl (C=O) groups is 3. The van der Waals surface area contributed by atoms with Gasteiger partial charge in [-0.3, -0.25) is 14.5 Å². The van der Waals surface area contributed by atoms with Gasteiger partial charge in [0.1, 0.15) is 6.04 Å². The van der Waals surface area contributed by atoms with E-state index in [9.17, 15) is 19.5 Å². The molecule has 1 saturated heterocycles. The molecule has 1 unspecified atom stereocenters. The number of piperidine rings is 1. The molecule has 1 fully saturated rings. The van der Waals surface area contributed by atoms with E-state index in [1.807, 2.05) is 44.3 Å². The van der Waals surface area contributed by atoms with Crippen LogP contribution in [0.2, 0.25) is 0 Å². The van der Waals surface area contributed by atoms with Crippen molar-refractivity contribution < 1.29 is 19.5 Å². The number of benzene rings is 1. The molecule has 3 rings (SSSR count). The lowest BCUT2D eigenvalue weighted by atomic mass is 9.96. The van der Waals surface area contributed by atoms with Gasteiger partial charge in [-0.2, -0.15) is 0 Å². The average molecular weight is 485 g/mol. The van der Waals surface area contributed by atoms with Crippen molar-refractivity contribution in [2.24, 2.45) is 17.6 Å². The van der Waals surface area contributed by atoms with E-state index >= 15 is 0 Å². The molecule has 2 amide bonds. The Morgan fingerprint density at radius 2 is 1.89 bits per heavy atom. The summed E-state index contributed by atoms with van der Waals surface area (Å²) in [4.78, 5) is 39.4. The van der Waals surface area contributed by atoms with Crippen LogP contribution in [0, 0.1) is 11.8 Å². The van der Waals surface area contributed by atoms with Crippen molar-refractivity contribution in [2.75, 3.05) is 20.1 Å². The minimum absolute atomic E-state index is 0.0493. The van der Waals surface area contributed by atoms with Gasteiger partial charge in [-0.15, -0.1) is 5.10 Å². The number of carbonyl (C=O) groups excluding carboxylic acids is 2. The molecule has 190 valence electrons. The lowest BCUT2D eigenvalue weighted by Crippen LogP contribution is -2.43. The average Bonchev–Trinajstić information content (AvgIpc) is 3.29. The van der Waals surface area contributed by atoms with Crippen LogP contribution in [0.15, 0.2) is 30.5 Å². The van der Waals surface area contributed by atoms with E-state index in [1.54, 1.807) is 11.7 Å². The van der Waals surface area contributed by atoms with E-state index in [4.69, 9.17) is 5.73 Å². The zero-order valence-corrected chi connectivity index (χ0v) is 20.8. The number of carboxylic acid groups (broad SMARTS) is 1. The van der Waals surface area contributed by atoms with Crippen LogP contribution in [-0.2, 0) is 27.3 Å². The molecular formula is C25H36N6O4. The second-order valence-electron chi connectivity index (χ2n) is 9.72. The Balaban J connectivity index is 1.62. The fourth-order valence-corrected chi connectivity index (χ4v) is 4.50. The first-order valence-electron chi connectivity index (χ1n) is 12.1. The molecule has 0 aliphatic carbocycles. The van der Waals surface area contributed by atoms with E-state index in [0.29, 0.717) is 19.4 Å². The molecule has 1 aromatic carbocycles. The lowest BCUT2D eigenvalue weighted by molar-refractivity contribution is -0.149. The normalized spacial score (nSPS) is 15.8. The Bertz CT molecular complexity index is 1030. The minimum atomic E-state index is -0.982.